The largest absolute Gasteiger partial charge is 0.481 e. The summed E-state index contributed by atoms with van der Waals surface area (Å²) in [5, 5.41) is 19.9. The van der Waals surface area contributed by atoms with Crippen LogP contribution in [0.25, 0.3) is 0 Å². The van der Waals surface area contributed by atoms with Crippen molar-refractivity contribution in [3.63, 3.8) is 0 Å². The number of aliphatic carboxylic acids is 1. The molecule has 0 saturated heterocycles. The molecule has 0 aliphatic rings. The van der Waals surface area contributed by atoms with E-state index in [0.29, 0.717) is 20.4 Å². The summed E-state index contributed by atoms with van der Waals surface area (Å²) in [5.74, 6) is -0.607. The highest BCUT2D eigenvalue weighted by Gasteiger charge is 2.23. The minimum Gasteiger partial charge on any atom is -0.481 e. The van der Waals surface area contributed by atoms with Crippen molar-refractivity contribution in [3.8, 4) is 11.5 Å². The molecule has 6 nitrogen and oxygen atoms in total. The molecule has 25 heavy (non-hydrogen) atoms. The van der Waals surface area contributed by atoms with Gasteiger partial charge in [-0.15, -0.1) is 0 Å². The van der Waals surface area contributed by atoms with Crippen molar-refractivity contribution >= 4 is 43.5 Å². The van der Waals surface area contributed by atoms with Crippen molar-refractivity contribution in [2.45, 2.75) is 19.8 Å². The van der Waals surface area contributed by atoms with E-state index in [4.69, 9.17) is 9.84 Å². The molecular formula is C17H15Br2NO5. The molecular weight excluding hydrogens is 458 g/mol. The van der Waals surface area contributed by atoms with Gasteiger partial charge in [0.2, 0.25) is 0 Å². The Hall–Kier alpha value is -1.93. The van der Waals surface area contributed by atoms with Crippen molar-refractivity contribution in [3.05, 3.63) is 61.0 Å². The Morgan fingerprint density at radius 3 is 2.12 bits per heavy atom. The van der Waals surface area contributed by atoms with Crippen LogP contribution in [0.2, 0.25) is 0 Å². The molecule has 2 rings (SSSR count). The van der Waals surface area contributed by atoms with Gasteiger partial charge in [-0.25, -0.2) is 0 Å². The third-order valence-corrected chi connectivity index (χ3v) is 5.13. The molecule has 0 aliphatic heterocycles. The van der Waals surface area contributed by atoms with Gasteiger partial charge in [-0.3, -0.25) is 14.9 Å². The zero-order valence-electron chi connectivity index (χ0n) is 13.4. The first-order valence-corrected chi connectivity index (χ1v) is 8.93. The second-order valence-corrected chi connectivity index (χ2v) is 7.29. The average Bonchev–Trinajstić information content (AvgIpc) is 2.56. The van der Waals surface area contributed by atoms with E-state index in [-0.39, 0.29) is 11.6 Å². The van der Waals surface area contributed by atoms with Crippen LogP contribution in [0, 0.1) is 16.0 Å². The average molecular weight is 473 g/mol. The van der Waals surface area contributed by atoms with Crippen molar-refractivity contribution in [2.24, 2.45) is 5.92 Å². The third kappa shape index (κ3) is 4.58. The molecule has 0 spiro atoms. The van der Waals surface area contributed by atoms with E-state index in [1.165, 1.54) is 24.3 Å². The van der Waals surface area contributed by atoms with Crippen LogP contribution in [0.15, 0.2) is 45.3 Å². The van der Waals surface area contributed by atoms with Gasteiger partial charge in [0.15, 0.2) is 5.75 Å². The third-order valence-electron chi connectivity index (χ3n) is 3.95. The Morgan fingerprint density at radius 2 is 1.68 bits per heavy atom. The molecule has 132 valence electrons. The first-order chi connectivity index (χ1) is 11.7. The van der Waals surface area contributed by atoms with Crippen LogP contribution in [0.3, 0.4) is 0 Å². The summed E-state index contributed by atoms with van der Waals surface area (Å²) in [6.07, 6.45) is 0. The van der Waals surface area contributed by atoms with Crippen LogP contribution in [-0.2, 0) is 4.79 Å². The van der Waals surface area contributed by atoms with Gasteiger partial charge in [-0.05, 0) is 67.6 Å². The van der Waals surface area contributed by atoms with Crippen molar-refractivity contribution in [1.29, 1.82) is 0 Å². The number of ether oxygens (including phenoxy) is 1. The number of hydrogen-bond acceptors (Lipinski definition) is 4. The Morgan fingerprint density at radius 1 is 1.16 bits per heavy atom. The number of rotatable bonds is 6. The topological polar surface area (TPSA) is 89.7 Å². The lowest BCUT2D eigenvalue weighted by molar-refractivity contribution is -0.384. The maximum absolute atomic E-state index is 11.2. The standard InChI is InChI=1S/C17H15Br2NO5/c1-9(10(2)17(21)22)11-7-14(18)16(15(19)8-11)25-13-5-3-12(4-6-13)20(23)24/h3-10H,1-2H3,(H,21,22). The number of carboxylic acids is 1. The van der Waals surface area contributed by atoms with E-state index >= 15 is 0 Å². The second kappa shape index (κ2) is 7.97. The molecule has 0 radical (unpaired) electrons. The molecule has 0 fully saturated rings. The van der Waals surface area contributed by atoms with E-state index in [1.807, 2.05) is 19.1 Å². The summed E-state index contributed by atoms with van der Waals surface area (Å²) >= 11 is 6.87. The number of halogens is 2. The number of nitrogens with zero attached hydrogens (tertiary/aromatic N) is 1. The number of benzene rings is 2. The van der Waals surface area contributed by atoms with Gasteiger partial charge in [0.1, 0.15) is 5.75 Å². The van der Waals surface area contributed by atoms with Crippen LogP contribution in [0.4, 0.5) is 5.69 Å². The Labute approximate surface area is 161 Å². The monoisotopic (exact) mass is 471 g/mol. The maximum atomic E-state index is 11.2. The van der Waals surface area contributed by atoms with E-state index < -0.39 is 16.8 Å². The van der Waals surface area contributed by atoms with Crippen LogP contribution >= 0.6 is 31.9 Å². The molecule has 0 heterocycles. The zero-order chi connectivity index (χ0) is 18.7. The second-order valence-electron chi connectivity index (χ2n) is 5.58. The molecule has 0 saturated carbocycles. The molecule has 2 unspecified atom stereocenters. The smallest absolute Gasteiger partial charge is 0.306 e. The Balaban J connectivity index is 2.28. The number of nitro benzene ring substituents is 1. The molecule has 1 N–H and O–H groups in total. The molecule has 2 aromatic rings. The van der Waals surface area contributed by atoms with Crippen molar-refractivity contribution in [1.82, 2.24) is 0 Å². The van der Waals surface area contributed by atoms with Crippen molar-refractivity contribution in [2.75, 3.05) is 0 Å². The van der Waals surface area contributed by atoms with Gasteiger partial charge in [0.25, 0.3) is 5.69 Å². The summed E-state index contributed by atoms with van der Waals surface area (Å²) in [4.78, 5) is 21.4. The van der Waals surface area contributed by atoms with E-state index in [9.17, 15) is 14.9 Å². The summed E-state index contributed by atoms with van der Waals surface area (Å²) in [6.45, 7) is 3.51. The highest BCUT2D eigenvalue weighted by atomic mass is 79.9. The van der Waals surface area contributed by atoms with E-state index in [2.05, 4.69) is 31.9 Å². The number of hydrogen-bond donors (Lipinski definition) is 1. The zero-order valence-corrected chi connectivity index (χ0v) is 16.6. The fraction of sp³-hybridized carbons (Fsp3) is 0.235. The van der Waals surface area contributed by atoms with Crippen LogP contribution in [0.1, 0.15) is 25.3 Å². The highest BCUT2D eigenvalue weighted by molar-refractivity contribution is 9.11. The van der Waals surface area contributed by atoms with Crippen LogP contribution in [0.5, 0.6) is 11.5 Å². The quantitative estimate of drug-likeness (QED) is 0.427. The Kier molecular flexibility index (Phi) is 6.18. The lowest BCUT2D eigenvalue weighted by atomic mass is 9.89. The lowest BCUT2D eigenvalue weighted by Crippen LogP contribution is -2.16. The highest BCUT2D eigenvalue weighted by Crippen LogP contribution is 2.40. The number of carbonyl (C=O) groups is 1. The number of nitro groups is 1. The van der Waals surface area contributed by atoms with Gasteiger partial charge in [-0.1, -0.05) is 13.8 Å². The van der Waals surface area contributed by atoms with Gasteiger partial charge in [0.05, 0.1) is 19.8 Å². The Bertz CT molecular complexity index is 784. The van der Waals surface area contributed by atoms with E-state index in [0.717, 1.165) is 5.56 Å². The van der Waals surface area contributed by atoms with Gasteiger partial charge < -0.3 is 9.84 Å². The van der Waals surface area contributed by atoms with Crippen LogP contribution < -0.4 is 4.74 Å². The predicted octanol–water partition coefficient (Wildman–Crippen LogP) is 5.74. The number of non-ortho nitro benzene ring substituents is 1. The first kappa shape index (κ1) is 19.4. The summed E-state index contributed by atoms with van der Waals surface area (Å²) in [6, 6.07) is 9.38. The van der Waals surface area contributed by atoms with E-state index in [1.54, 1.807) is 6.92 Å². The molecule has 0 aromatic heterocycles. The van der Waals surface area contributed by atoms with Gasteiger partial charge in [0, 0.05) is 12.1 Å². The van der Waals surface area contributed by atoms with Crippen LogP contribution in [-0.4, -0.2) is 16.0 Å². The van der Waals surface area contributed by atoms with Gasteiger partial charge >= 0.3 is 5.97 Å². The van der Waals surface area contributed by atoms with Crippen molar-refractivity contribution < 1.29 is 19.6 Å². The fourth-order valence-corrected chi connectivity index (χ4v) is 3.58. The fourth-order valence-electron chi connectivity index (χ4n) is 2.20. The SMILES string of the molecule is CC(C(=O)O)C(C)c1cc(Br)c(Oc2ccc([N+](=O)[O-])cc2)c(Br)c1. The van der Waals surface area contributed by atoms with Gasteiger partial charge in [-0.2, -0.15) is 0 Å². The first-order valence-electron chi connectivity index (χ1n) is 7.34. The molecule has 8 heteroatoms. The minimum absolute atomic E-state index is 0.0164. The predicted molar refractivity (Wildman–Crippen MR) is 100 cm³/mol. The summed E-state index contributed by atoms with van der Waals surface area (Å²) in [7, 11) is 0. The summed E-state index contributed by atoms with van der Waals surface area (Å²) in [5.41, 5.74) is 0.835. The molecule has 0 amide bonds. The normalized spacial score (nSPS) is 13.1. The maximum Gasteiger partial charge on any atom is 0.306 e. The molecule has 2 aromatic carbocycles. The lowest BCUT2D eigenvalue weighted by Gasteiger charge is -2.19. The molecule has 2 atom stereocenters. The molecule has 0 bridgehead atoms. The summed E-state index contributed by atoms with van der Waals surface area (Å²) < 4.78 is 7.09. The minimum atomic E-state index is -0.856. The number of carboxylic acid groups (broad SMARTS) is 1. The molecule has 0 aliphatic carbocycles.